The summed E-state index contributed by atoms with van der Waals surface area (Å²) in [6.07, 6.45) is 3.59. The second-order valence-electron chi connectivity index (χ2n) is 5.51. The van der Waals surface area contributed by atoms with E-state index in [1.807, 2.05) is 31.2 Å². The predicted octanol–water partition coefficient (Wildman–Crippen LogP) is 3.75. The Morgan fingerprint density at radius 1 is 1.45 bits per heavy atom. The molecular formula is C16H24Cl2N2OS. The first kappa shape index (κ1) is 19.6. The van der Waals surface area contributed by atoms with Gasteiger partial charge in [-0.05, 0) is 69.5 Å². The van der Waals surface area contributed by atoms with Crippen molar-refractivity contribution < 1.29 is 4.79 Å². The Bertz CT molecular complexity index is 450. The van der Waals surface area contributed by atoms with Crippen molar-refractivity contribution in [1.82, 2.24) is 10.6 Å². The Hall–Kier alpha value is -0.420. The molecule has 0 bridgehead atoms. The molecule has 0 aliphatic carbocycles. The molecular weight excluding hydrogens is 339 g/mol. The van der Waals surface area contributed by atoms with E-state index in [2.05, 4.69) is 10.6 Å². The van der Waals surface area contributed by atoms with E-state index in [-0.39, 0.29) is 23.6 Å². The van der Waals surface area contributed by atoms with Crippen LogP contribution in [0.25, 0.3) is 0 Å². The van der Waals surface area contributed by atoms with Crippen molar-refractivity contribution in [3.05, 3.63) is 29.3 Å². The van der Waals surface area contributed by atoms with E-state index in [9.17, 15) is 4.79 Å². The number of piperidine rings is 1. The third-order valence-corrected chi connectivity index (χ3v) is 5.11. The van der Waals surface area contributed by atoms with Crippen molar-refractivity contribution in [3.8, 4) is 0 Å². The highest BCUT2D eigenvalue weighted by atomic mass is 35.5. The summed E-state index contributed by atoms with van der Waals surface area (Å²) in [7, 11) is 0. The Morgan fingerprint density at radius 3 is 2.82 bits per heavy atom. The number of amides is 1. The van der Waals surface area contributed by atoms with Gasteiger partial charge in [-0.3, -0.25) is 4.79 Å². The summed E-state index contributed by atoms with van der Waals surface area (Å²) in [5, 5.41) is 7.09. The number of halogens is 2. The maximum Gasteiger partial charge on any atom is 0.233 e. The van der Waals surface area contributed by atoms with E-state index in [0.717, 1.165) is 36.0 Å². The third-order valence-electron chi connectivity index (χ3n) is 3.75. The summed E-state index contributed by atoms with van der Waals surface area (Å²) in [4.78, 5) is 13.2. The number of benzene rings is 1. The Morgan fingerprint density at radius 2 is 2.18 bits per heavy atom. The molecule has 124 valence electrons. The maximum absolute atomic E-state index is 12.1. The number of rotatable bonds is 6. The average Bonchev–Trinajstić information content (AvgIpc) is 2.50. The molecule has 2 N–H and O–H groups in total. The molecule has 2 atom stereocenters. The van der Waals surface area contributed by atoms with Crippen molar-refractivity contribution in [3.63, 3.8) is 0 Å². The van der Waals surface area contributed by atoms with Crippen LogP contribution in [0.4, 0.5) is 0 Å². The van der Waals surface area contributed by atoms with Gasteiger partial charge in [0.2, 0.25) is 5.91 Å². The zero-order valence-corrected chi connectivity index (χ0v) is 15.2. The number of hydrogen-bond donors (Lipinski definition) is 2. The third kappa shape index (κ3) is 6.78. The molecule has 1 fully saturated rings. The molecule has 0 radical (unpaired) electrons. The summed E-state index contributed by atoms with van der Waals surface area (Å²) in [6, 6.07) is 7.60. The number of carbonyl (C=O) groups excluding carboxylic acids is 1. The second kappa shape index (κ2) is 10.4. The van der Waals surface area contributed by atoms with Gasteiger partial charge in [0.15, 0.2) is 0 Å². The maximum atomic E-state index is 12.1. The molecule has 1 aliphatic heterocycles. The molecule has 1 aromatic carbocycles. The van der Waals surface area contributed by atoms with Gasteiger partial charge in [0, 0.05) is 16.5 Å². The molecule has 1 saturated heterocycles. The van der Waals surface area contributed by atoms with Gasteiger partial charge in [-0.15, -0.1) is 24.2 Å². The van der Waals surface area contributed by atoms with Crippen molar-refractivity contribution in [2.75, 3.05) is 19.6 Å². The minimum atomic E-state index is -0.0874. The minimum Gasteiger partial charge on any atom is -0.355 e. The van der Waals surface area contributed by atoms with Gasteiger partial charge in [0.1, 0.15) is 0 Å². The summed E-state index contributed by atoms with van der Waals surface area (Å²) < 4.78 is 0. The summed E-state index contributed by atoms with van der Waals surface area (Å²) >= 11 is 7.42. The smallest absolute Gasteiger partial charge is 0.233 e. The van der Waals surface area contributed by atoms with Crippen LogP contribution >= 0.6 is 35.8 Å². The first-order chi connectivity index (χ1) is 10.1. The summed E-state index contributed by atoms with van der Waals surface area (Å²) in [5.41, 5.74) is 0. The van der Waals surface area contributed by atoms with Gasteiger partial charge in [0.25, 0.3) is 0 Å². The lowest BCUT2D eigenvalue weighted by Crippen LogP contribution is -2.35. The van der Waals surface area contributed by atoms with Crippen LogP contribution in [0, 0.1) is 5.92 Å². The molecule has 3 nitrogen and oxygen atoms in total. The van der Waals surface area contributed by atoms with E-state index in [1.165, 1.54) is 12.8 Å². The lowest BCUT2D eigenvalue weighted by atomic mass is 9.96. The van der Waals surface area contributed by atoms with Crippen LogP contribution in [0.3, 0.4) is 0 Å². The van der Waals surface area contributed by atoms with E-state index < -0.39 is 0 Å². The standard InChI is InChI=1S/C16H23ClN2OS.ClH/c1-12(21-15-6-4-14(17)5-7-15)16(20)19-10-8-13-3-2-9-18-11-13;/h4-7,12-13,18H,2-3,8-11H2,1H3,(H,19,20);1H. The number of thioether (sulfide) groups is 1. The van der Waals surface area contributed by atoms with Gasteiger partial charge in [0.05, 0.1) is 5.25 Å². The molecule has 22 heavy (non-hydrogen) atoms. The van der Waals surface area contributed by atoms with E-state index >= 15 is 0 Å². The van der Waals surface area contributed by atoms with Gasteiger partial charge < -0.3 is 10.6 Å². The SMILES string of the molecule is CC(Sc1ccc(Cl)cc1)C(=O)NCCC1CCCNC1.Cl. The van der Waals surface area contributed by atoms with E-state index in [1.54, 1.807) is 11.8 Å². The van der Waals surface area contributed by atoms with Crippen LogP contribution in [-0.4, -0.2) is 30.8 Å². The van der Waals surface area contributed by atoms with Crippen LogP contribution in [-0.2, 0) is 4.79 Å². The fraction of sp³-hybridized carbons (Fsp3) is 0.562. The minimum absolute atomic E-state index is 0. The first-order valence-corrected chi connectivity index (χ1v) is 8.81. The molecule has 1 heterocycles. The molecule has 1 aromatic rings. The number of hydrogen-bond acceptors (Lipinski definition) is 3. The molecule has 6 heteroatoms. The Kier molecular flexibility index (Phi) is 9.25. The molecule has 2 unspecified atom stereocenters. The van der Waals surface area contributed by atoms with Crippen LogP contribution in [0.1, 0.15) is 26.2 Å². The van der Waals surface area contributed by atoms with Crippen LogP contribution in [0.2, 0.25) is 5.02 Å². The topological polar surface area (TPSA) is 41.1 Å². The normalized spacial score (nSPS) is 19.1. The molecule has 0 saturated carbocycles. The van der Waals surface area contributed by atoms with Crippen molar-refractivity contribution >= 4 is 41.7 Å². The predicted molar refractivity (Wildman–Crippen MR) is 97.2 cm³/mol. The Balaban J connectivity index is 0.00000242. The lowest BCUT2D eigenvalue weighted by molar-refractivity contribution is -0.120. The van der Waals surface area contributed by atoms with Crippen molar-refractivity contribution in [2.24, 2.45) is 5.92 Å². The Labute approximate surface area is 148 Å². The van der Waals surface area contributed by atoms with Gasteiger partial charge in [-0.25, -0.2) is 0 Å². The van der Waals surface area contributed by atoms with Crippen LogP contribution in [0.5, 0.6) is 0 Å². The van der Waals surface area contributed by atoms with Crippen molar-refractivity contribution in [1.29, 1.82) is 0 Å². The lowest BCUT2D eigenvalue weighted by Gasteiger charge is -2.23. The quantitative estimate of drug-likeness (QED) is 0.757. The fourth-order valence-electron chi connectivity index (χ4n) is 2.48. The molecule has 0 spiro atoms. The molecule has 2 rings (SSSR count). The second-order valence-corrected chi connectivity index (χ2v) is 7.36. The monoisotopic (exact) mass is 362 g/mol. The largest absolute Gasteiger partial charge is 0.355 e. The fourth-order valence-corrected chi connectivity index (χ4v) is 3.50. The van der Waals surface area contributed by atoms with Crippen LogP contribution < -0.4 is 10.6 Å². The molecule has 0 aromatic heterocycles. The van der Waals surface area contributed by atoms with Gasteiger partial charge in [-0.1, -0.05) is 11.6 Å². The van der Waals surface area contributed by atoms with Gasteiger partial charge in [-0.2, -0.15) is 0 Å². The molecule has 1 amide bonds. The van der Waals surface area contributed by atoms with Crippen LogP contribution in [0.15, 0.2) is 29.2 Å². The zero-order chi connectivity index (χ0) is 15.1. The van der Waals surface area contributed by atoms with E-state index in [4.69, 9.17) is 11.6 Å². The number of carbonyl (C=O) groups is 1. The highest BCUT2D eigenvalue weighted by Gasteiger charge is 2.16. The average molecular weight is 363 g/mol. The highest BCUT2D eigenvalue weighted by Crippen LogP contribution is 2.24. The van der Waals surface area contributed by atoms with E-state index in [0.29, 0.717) is 5.92 Å². The molecule has 1 aliphatic rings. The van der Waals surface area contributed by atoms with Gasteiger partial charge >= 0.3 is 0 Å². The summed E-state index contributed by atoms with van der Waals surface area (Å²) in [6.45, 7) is 4.94. The first-order valence-electron chi connectivity index (χ1n) is 7.56. The summed E-state index contributed by atoms with van der Waals surface area (Å²) in [5.74, 6) is 0.817. The van der Waals surface area contributed by atoms with Crippen molar-refractivity contribution in [2.45, 2.75) is 36.3 Å². The number of nitrogens with one attached hydrogen (secondary N) is 2. The highest BCUT2D eigenvalue weighted by molar-refractivity contribution is 8.00. The zero-order valence-electron chi connectivity index (χ0n) is 12.8.